The molecule has 0 aliphatic rings. The number of hydrogen-bond donors (Lipinski definition) is 2. The summed E-state index contributed by atoms with van der Waals surface area (Å²) in [6.45, 7) is 18.3. The van der Waals surface area contributed by atoms with Gasteiger partial charge in [0.15, 0.2) is 0 Å². The number of nitrogens with one attached hydrogen (secondary N) is 1. The predicted octanol–water partition coefficient (Wildman–Crippen LogP) is 15.0. The fourth-order valence-electron chi connectivity index (χ4n) is 8.40. The summed E-state index contributed by atoms with van der Waals surface area (Å²) in [6.07, 6.45) is 36.2. The molecule has 0 fully saturated rings. The lowest BCUT2D eigenvalue weighted by atomic mass is 9.74. The molecule has 0 aromatic carbocycles. The number of aliphatic carboxylic acids is 1. The van der Waals surface area contributed by atoms with E-state index in [0.717, 1.165) is 142 Å². The van der Waals surface area contributed by atoms with Gasteiger partial charge in [-0.3, -0.25) is 9.59 Å². The number of unbranched alkanes of at least 4 members (excludes halogenated alkanes) is 22. The van der Waals surface area contributed by atoms with Crippen molar-refractivity contribution in [3.8, 4) is 0 Å². The van der Waals surface area contributed by atoms with E-state index in [4.69, 9.17) is 9.47 Å². The van der Waals surface area contributed by atoms with Crippen LogP contribution in [0.25, 0.3) is 0 Å². The highest BCUT2D eigenvalue weighted by atomic mass is 16.6. The third-order valence-electron chi connectivity index (χ3n) is 12.2. The van der Waals surface area contributed by atoms with Crippen molar-refractivity contribution in [2.75, 3.05) is 32.8 Å². The van der Waals surface area contributed by atoms with Crippen LogP contribution in [-0.2, 0) is 19.1 Å². The highest BCUT2D eigenvalue weighted by Gasteiger charge is 2.36. The zero-order chi connectivity index (χ0) is 43.9. The van der Waals surface area contributed by atoms with Crippen LogP contribution in [0.3, 0.4) is 0 Å². The van der Waals surface area contributed by atoms with Gasteiger partial charge in [-0.1, -0.05) is 188 Å². The Morgan fingerprint density at radius 1 is 0.525 bits per heavy atom. The molecule has 0 aromatic rings. The van der Waals surface area contributed by atoms with Gasteiger partial charge in [0.2, 0.25) is 0 Å². The molecular formula is C51H100N2O6. The summed E-state index contributed by atoms with van der Waals surface area (Å²) < 4.78 is 11.3. The van der Waals surface area contributed by atoms with Crippen molar-refractivity contribution in [2.24, 2.45) is 11.3 Å². The molecule has 0 spiro atoms. The standard InChI is InChI=1S/C51H100N2O6/c1-8-12-16-20-22-29-37-46(36-28-18-14-10-3)47(54)58-45-35-27-26-34-43-53(44-41-52-49(57)59-50(5,6)7)42-33-25-24-32-40-51(48(55)56,38-30-19-15-11-4)39-31-23-21-17-13-9-2/h46H,8-45H2,1-7H3,(H,52,57)(H,55,56). The smallest absolute Gasteiger partial charge is 0.407 e. The number of carbonyl (C=O) groups is 3. The van der Waals surface area contributed by atoms with Crippen LogP contribution < -0.4 is 5.32 Å². The number of alkyl carbamates (subject to hydrolysis) is 1. The molecule has 0 saturated carbocycles. The summed E-state index contributed by atoms with van der Waals surface area (Å²) in [6, 6.07) is 0. The normalized spacial score (nSPS) is 13.4. The van der Waals surface area contributed by atoms with Gasteiger partial charge in [-0.2, -0.15) is 0 Å². The number of carbonyl (C=O) groups excluding carboxylic acids is 2. The summed E-state index contributed by atoms with van der Waals surface area (Å²) in [5, 5.41) is 13.4. The molecular weight excluding hydrogens is 737 g/mol. The highest BCUT2D eigenvalue weighted by molar-refractivity contribution is 5.74. The summed E-state index contributed by atoms with van der Waals surface area (Å²) in [5.41, 5.74) is -1.09. The quantitative estimate of drug-likeness (QED) is 0.0465. The van der Waals surface area contributed by atoms with Gasteiger partial charge in [0.25, 0.3) is 0 Å². The fraction of sp³-hybridized carbons (Fsp3) is 0.941. The number of esters is 1. The summed E-state index contributed by atoms with van der Waals surface area (Å²) >= 11 is 0. The lowest BCUT2D eigenvalue weighted by Gasteiger charge is -2.30. The summed E-state index contributed by atoms with van der Waals surface area (Å²) in [5.74, 6) is -0.492. The van der Waals surface area contributed by atoms with E-state index in [1.54, 1.807) is 0 Å². The first kappa shape index (κ1) is 57.2. The van der Waals surface area contributed by atoms with Crippen molar-refractivity contribution in [3.63, 3.8) is 0 Å². The van der Waals surface area contributed by atoms with Crippen molar-refractivity contribution in [3.05, 3.63) is 0 Å². The largest absolute Gasteiger partial charge is 0.481 e. The lowest BCUT2D eigenvalue weighted by molar-refractivity contribution is -0.151. The Kier molecular flexibility index (Phi) is 37.8. The van der Waals surface area contributed by atoms with E-state index in [2.05, 4.69) is 37.9 Å². The first-order valence-electron chi connectivity index (χ1n) is 25.5. The SMILES string of the molecule is CCCCCCCCC(CCCCCC)C(=O)OCCCCCCN(CCCCCCC(CCCCCC)(CCCCCCCC)C(=O)O)CCNC(=O)OC(C)(C)C. The van der Waals surface area contributed by atoms with Crippen LogP contribution in [0.4, 0.5) is 4.79 Å². The van der Waals surface area contributed by atoms with E-state index in [1.165, 1.54) is 89.9 Å². The average molecular weight is 837 g/mol. The number of ether oxygens (including phenoxy) is 2. The van der Waals surface area contributed by atoms with Crippen LogP contribution in [-0.4, -0.2) is 66.4 Å². The molecule has 0 radical (unpaired) electrons. The molecule has 0 heterocycles. The van der Waals surface area contributed by atoms with Crippen molar-refractivity contribution >= 4 is 18.0 Å². The fourth-order valence-corrected chi connectivity index (χ4v) is 8.40. The molecule has 0 aromatic heterocycles. The van der Waals surface area contributed by atoms with Crippen molar-refractivity contribution in [1.29, 1.82) is 0 Å². The van der Waals surface area contributed by atoms with E-state index < -0.39 is 17.0 Å². The van der Waals surface area contributed by atoms with Gasteiger partial charge >= 0.3 is 18.0 Å². The second-order valence-corrected chi connectivity index (χ2v) is 19.0. The molecule has 59 heavy (non-hydrogen) atoms. The van der Waals surface area contributed by atoms with Crippen molar-refractivity contribution < 1.29 is 29.0 Å². The van der Waals surface area contributed by atoms with Crippen molar-refractivity contribution in [2.45, 2.75) is 266 Å². The van der Waals surface area contributed by atoms with Gasteiger partial charge < -0.3 is 24.8 Å². The molecule has 0 aliphatic heterocycles. The summed E-state index contributed by atoms with van der Waals surface area (Å²) in [4.78, 5) is 40.6. The minimum Gasteiger partial charge on any atom is -0.481 e. The number of nitrogens with zero attached hydrogens (tertiary/aromatic N) is 1. The number of hydrogen-bond acceptors (Lipinski definition) is 6. The van der Waals surface area contributed by atoms with Crippen LogP contribution in [0.15, 0.2) is 0 Å². The zero-order valence-electron chi connectivity index (χ0n) is 40.4. The topological polar surface area (TPSA) is 105 Å². The molecule has 1 amide bonds. The van der Waals surface area contributed by atoms with Gasteiger partial charge in [0.05, 0.1) is 17.9 Å². The maximum Gasteiger partial charge on any atom is 0.407 e. The molecule has 0 aliphatic carbocycles. The van der Waals surface area contributed by atoms with Gasteiger partial charge in [-0.15, -0.1) is 0 Å². The number of rotatable bonds is 43. The van der Waals surface area contributed by atoms with E-state index in [-0.39, 0.29) is 18.0 Å². The maximum atomic E-state index is 13.1. The van der Waals surface area contributed by atoms with E-state index >= 15 is 0 Å². The first-order valence-corrected chi connectivity index (χ1v) is 25.5. The monoisotopic (exact) mass is 837 g/mol. The third kappa shape index (κ3) is 34.4. The summed E-state index contributed by atoms with van der Waals surface area (Å²) in [7, 11) is 0. The Bertz CT molecular complexity index is 984. The molecule has 2 unspecified atom stereocenters. The van der Waals surface area contributed by atoms with Crippen LogP contribution in [0.5, 0.6) is 0 Å². The molecule has 2 atom stereocenters. The van der Waals surface area contributed by atoms with Crippen LogP contribution in [0, 0.1) is 11.3 Å². The minimum atomic E-state index is -0.574. The zero-order valence-corrected chi connectivity index (χ0v) is 40.4. The molecule has 8 nitrogen and oxygen atoms in total. The molecule has 0 saturated heterocycles. The Labute approximate surface area is 366 Å². The molecule has 0 bridgehead atoms. The average Bonchev–Trinajstić information content (AvgIpc) is 3.19. The number of carboxylic acid groups (broad SMARTS) is 1. The van der Waals surface area contributed by atoms with Crippen LogP contribution in [0.2, 0.25) is 0 Å². The minimum absolute atomic E-state index is 0.0251. The Balaban J connectivity index is 4.96. The van der Waals surface area contributed by atoms with Crippen LogP contribution >= 0.6 is 0 Å². The Hall–Kier alpha value is -1.83. The third-order valence-corrected chi connectivity index (χ3v) is 12.2. The highest BCUT2D eigenvalue weighted by Crippen LogP contribution is 2.38. The van der Waals surface area contributed by atoms with Gasteiger partial charge in [0, 0.05) is 13.1 Å². The van der Waals surface area contributed by atoms with E-state index in [1.807, 2.05) is 20.8 Å². The first-order chi connectivity index (χ1) is 28.4. The number of amides is 1. The molecule has 8 heteroatoms. The second kappa shape index (κ2) is 39.0. The van der Waals surface area contributed by atoms with Crippen LogP contribution in [0.1, 0.15) is 260 Å². The van der Waals surface area contributed by atoms with E-state index in [9.17, 15) is 19.5 Å². The van der Waals surface area contributed by atoms with E-state index in [0.29, 0.717) is 13.2 Å². The maximum absolute atomic E-state index is 13.1. The molecule has 0 rings (SSSR count). The van der Waals surface area contributed by atoms with Gasteiger partial charge in [-0.05, 0) is 85.2 Å². The van der Waals surface area contributed by atoms with Crippen molar-refractivity contribution in [1.82, 2.24) is 10.2 Å². The predicted molar refractivity (Wildman–Crippen MR) is 250 cm³/mol. The second-order valence-electron chi connectivity index (χ2n) is 19.0. The van der Waals surface area contributed by atoms with Gasteiger partial charge in [0.1, 0.15) is 5.60 Å². The Morgan fingerprint density at radius 3 is 1.37 bits per heavy atom. The van der Waals surface area contributed by atoms with Gasteiger partial charge in [-0.25, -0.2) is 4.79 Å². The molecule has 2 N–H and O–H groups in total. The Morgan fingerprint density at radius 2 is 0.915 bits per heavy atom. The molecule has 350 valence electrons. The lowest BCUT2D eigenvalue weighted by Crippen LogP contribution is -2.38. The number of carboxylic acids is 1.